The summed E-state index contributed by atoms with van der Waals surface area (Å²) in [4.78, 5) is 39.6. The molecule has 0 radical (unpaired) electrons. The van der Waals surface area contributed by atoms with Crippen molar-refractivity contribution in [2.75, 3.05) is 13.1 Å². The van der Waals surface area contributed by atoms with Gasteiger partial charge in [-0.2, -0.15) is 5.26 Å². The first-order valence-corrected chi connectivity index (χ1v) is 11.2. The van der Waals surface area contributed by atoms with Crippen molar-refractivity contribution in [3.63, 3.8) is 0 Å². The molecule has 3 fully saturated rings. The Labute approximate surface area is 173 Å². The molecule has 7 heteroatoms. The standard InChI is InChI=1S/C22H34N4O3/c1-15-8-10-26(20(27)12-16-5-3-2-4-6-16)19(11-15)22(29)25-18(14-23)13-17-7-9-24-21(17)28/h15-19H,2-13H2,1H3,(H,24,28)(H,25,29)/t15-,17-,18-,19-/m0/s1. The molecule has 2 saturated heterocycles. The van der Waals surface area contributed by atoms with Crippen molar-refractivity contribution in [3.05, 3.63) is 0 Å². The van der Waals surface area contributed by atoms with Gasteiger partial charge in [-0.25, -0.2) is 0 Å². The van der Waals surface area contributed by atoms with Gasteiger partial charge in [-0.3, -0.25) is 14.4 Å². The summed E-state index contributed by atoms with van der Waals surface area (Å²) < 4.78 is 0. The Balaban J connectivity index is 1.60. The van der Waals surface area contributed by atoms with Crippen LogP contribution >= 0.6 is 0 Å². The molecule has 0 spiro atoms. The maximum absolute atomic E-state index is 13.0. The van der Waals surface area contributed by atoms with Gasteiger partial charge >= 0.3 is 0 Å². The van der Waals surface area contributed by atoms with Gasteiger partial charge in [-0.15, -0.1) is 0 Å². The first-order valence-electron chi connectivity index (χ1n) is 11.2. The monoisotopic (exact) mass is 402 g/mol. The van der Waals surface area contributed by atoms with Crippen molar-refractivity contribution >= 4 is 17.7 Å². The summed E-state index contributed by atoms with van der Waals surface area (Å²) in [7, 11) is 0. The molecule has 2 heterocycles. The third-order valence-electron chi connectivity index (χ3n) is 6.83. The number of piperidine rings is 1. The third-order valence-corrected chi connectivity index (χ3v) is 6.83. The maximum Gasteiger partial charge on any atom is 0.243 e. The van der Waals surface area contributed by atoms with E-state index in [1.54, 1.807) is 4.90 Å². The van der Waals surface area contributed by atoms with Crippen LogP contribution in [0.4, 0.5) is 0 Å². The highest BCUT2D eigenvalue weighted by Crippen LogP contribution is 2.29. The zero-order valence-corrected chi connectivity index (χ0v) is 17.5. The summed E-state index contributed by atoms with van der Waals surface area (Å²) in [6.07, 6.45) is 8.93. The lowest BCUT2D eigenvalue weighted by Gasteiger charge is -2.38. The first kappa shape index (κ1) is 21.6. The number of carbonyl (C=O) groups excluding carboxylic acids is 3. The number of nitrogens with one attached hydrogen (secondary N) is 2. The highest BCUT2D eigenvalue weighted by Gasteiger charge is 2.37. The molecule has 3 amide bonds. The second-order valence-corrected chi connectivity index (χ2v) is 9.14. The normalized spacial score (nSPS) is 29.0. The molecule has 0 bridgehead atoms. The van der Waals surface area contributed by atoms with E-state index in [0.717, 1.165) is 19.3 Å². The number of nitriles is 1. The van der Waals surface area contributed by atoms with Crippen molar-refractivity contribution in [1.29, 1.82) is 5.26 Å². The van der Waals surface area contributed by atoms with Gasteiger partial charge in [-0.1, -0.05) is 26.2 Å². The molecule has 2 aliphatic heterocycles. The van der Waals surface area contributed by atoms with Crippen molar-refractivity contribution in [3.8, 4) is 6.07 Å². The highest BCUT2D eigenvalue weighted by atomic mass is 16.2. The SMILES string of the molecule is C[C@H]1CCN(C(=O)CC2CCCCC2)[C@H](C(=O)N[C@H](C#N)C[C@@H]2CCNC2=O)C1. The molecule has 4 atom stereocenters. The Bertz CT molecular complexity index is 653. The molecule has 2 N–H and O–H groups in total. The average molecular weight is 403 g/mol. The molecule has 1 aliphatic carbocycles. The van der Waals surface area contributed by atoms with Crippen molar-refractivity contribution in [2.45, 2.75) is 83.2 Å². The first-order chi connectivity index (χ1) is 14.0. The lowest BCUT2D eigenvalue weighted by molar-refractivity contribution is -0.144. The third kappa shape index (κ3) is 5.71. The minimum absolute atomic E-state index is 0.0462. The van der Waals surface area contributed by atoms with E-state index in [0.29, 0.717) is 50.6 Å². The number of nitrogens with zero attached hydrogens (tertiary/aromatic N) is 2. The molecular weight excluding hydrogens is 368 g/mol. The fraction of sp³-hybridized carbons (Fsp3) is 0.818. The number of hydrogen-bond donors (Lipinski definition) is 2. The van der Waals surface area contributed by atoms with Crippen LogP contribution in [-0.2, 0) is 14.4 Å². The van der Waals surface area contributed by atoms with E-state index in [4.69, 9.17) is 0 Å². The van der Waals surface area contributed by atoms with Crippen LogP contribution in [0.3, 0.4) is 0 Å². The minimum Gasteiger partial charge on any atom is -0.356 e. The van der Waals surface area contributed by atoms with Gasteiger partial charge in [0.1, 0.15) is 12.1 Å². The Morgan fingerprint density at radius 3 is 2.66 bits per heavy atom. The zero-order chi connectivity index (χ0) is 20.8. The topological polar surface area (TPSA) is 102 Å². The summed E-state index contributed by atoms with van der Waals surface area (Å²) in [6.45, 7) is 3.33. The molecule has 160 valence electrons. The number of likely N-dealkylation sites (tertiary alicyclic amines) is 1. The quantitative estimate of drug-likeness (QED) is 0.710. The zero-order valence-electron chi connectivity index (χ0n) is 17.5. The molecular formula is C22H34N4O3. The van der Waals surface area contributed by atoms with Crippen LogP contribution in [0.25, 0.3) is 0 Å². The lowest BCUT2D eigenvalue weighted by atomic mass is 9.85. The predicted molar refractivity (Wildman–Crippen MR) is 108 cm³/mol. The second kappa shape index (κ2) is 10.1. The van der Waals surface area contributed by atoms with Gasteiger partial charge in [-0.05, 0) is 50.4 Å². The molecule has 3 rings (SSSR count). The van der Waals surface area contributed by atoms with E-state index < -0.39 is 12.1 Å². The van der Waals surface area contributed by atoms with Crippen LogP contribution < -0.4 is 10.6 Å². The van der Waals surface area contributed by atoms with Crippen molar-refractivity contribution < 1.29 is 14.4 Å². The molecule has 0 aromatic rings. The van der Waals surface area contributed by atoms with Crippen LogP contribution in [0.15, 0.2) is 0 Å². The highest BCUT2D eigenvalue weighted by molar-refractivity contribution is 5.88. The van der Waals surface area contributed by atoms with Crippen LogP contribution in [0, 0.1) is 29.1 Å². The van der Waals surface area contributed by atoms with Gasteiger partial charge in [0.25, 0.3) is 0 Å². The average Bonchev–Trinajstić information content (AvgIpc) is 3.12. The van der Waals surface area contributed by atoms with Crippen LogP contribution in [0.5, 0.6) is 0 Å². The molecule has 1 saturated carbocycles. The second-order valence-electron chi connectivity index (χ2n) is 9.14. The Hall–Kier alpha value is -2.10. The smallest absolute Gasteiger partial charge is 0.243 e. The Kier molecular flexibility index (Phi) is 7.51. The van der Waals surface area contributed by atoms with E-state index in [9.17, 15) is 19.6 Å². The van der Waals surface area contributed by atoms with E-state index in [-0.39, 0.29) is 23.6 Å². The largest absolute Gasteiger partial charge is 0.356 e. The molecule has 0 aromatic heterocycles. The maximum atomic E-state index is 13.0. The minimum atomic E-state index is -0.705. The summed E-state index contributed by atoms with van der Waals surface area (Å²) in [5.74, 6) is 0.355. The van der Waals surface area contributed by atoms with E-state index in [1.807, 2.05) is 0 Å². The fourth-order valence-corrected chi connectivity index (χ4v) is 5.01. The summed E-state index contributed by atoms with van der Waals surface area (Å²) in [5, 5.41) is 15.1. The van der Waals surface area contributed by atoms with Crippen LogP contribution in [0.1, 0.15) is 71.1 Å². The van der Waals surface area contributed by atoms with E-state index in [2.05, 4.69) is 23.6 Å². The van der Waals surface area contributed by atoms with Gasteiger partial charge < -0.3 is 15.5 Å². The van der Waals surface area contributed by atoms with Crippen LogP contribution in [0.2, 0.25) is 0 Å². The van der Waals surface area contributed by atoms with Crippen LogP contribution in [-0.4, -0.2) is 47.8 Å². The van der Waals surface area contributed by atoms with Crippen molar-refractivity contribution in [2.24, 2.45) is 17.8 Å². The number of rotatable bonds is 6. The lowest BCUT2D eigenvalue weighted by Crippen LogP contribution is -2.55. The van der Waals surface area contributed by atoms with Crippen molar-refractivity contribution in [1.82, 2.24) is 15.5 Å². The summed E-state index contributed by atoms with van der Waals surface area (Å²) >= 11 is 0. The molecule has 3 aliphatic rings. The Morgan fingerprint density at radius 1 is 1.24 bits per heavy atom. The van der Waals surface area contributed by atoms with Gasteiger partial charge in [0.15, 0.2) is 0 Å². The Morgan fingerprint density at radius 2 is 2.00 bits per heavy atom. The molecule has 29 heavy (non-hydrogen) atoms. The van der Waals surface area contributed by atoms with Gasteiger partial charge in [0.05, 0.1) is 6.07 Å². The van der Waals surface area contributed by atoms with Gasteiger partial charge in [0, 0.05) is 25.4 Å². The van der Waals surface area contributed by atoms with E-state index in [1.165, 1.54) is 19.3 Å². The van der Waals surface area contributed by atoms with Gasteiger partial charge in [0.2, 0.25) is 17.7 Å². The summed E-state index contributed by atoms with van der Waals surface area (Å²) in [5.41, 5.74) is 0. The summed E-state index contributed by atoms with van der Waals surface area (Å²) in [6, 6.07) is 0.909. The fourth-order valence-electron chi connectivity index (χ4n) is 5.01. The molecule has 0 unspecified atom stereocenters. The molecule has 7 nitrogen and oxygen atoms in total. The predicted octanol–water partition coefficient (Wildman–Crippen LogP) is 2.12. The molecule has 0 aromatic carbocycles. The number of carbonyl (C=O) groups is 3. The number of hydrogen-bond acceptors (Lipinski definition) is 4. The number of amides is 3. The van der Waals surface area contributed by atoms with E-state index >= 15 is 0 Å².